The molecule has 21 heavy (non-hydrogen) atoms. The summed E-state index contributed by atoms with van der Waals surface area (Å²) >= 11 is 3.41. The number of hydrogen-bond donors (Lipinski definition) is 0. The van der Waals surface area contributed by atoms with Gasteiger partial charge in [-0.2, -0.15) is 4.98 Å². The summed E-state index contributed by atoms with van der Waals surface area (Å²) in [6.45, 7) is 6.63. The third-order valence-electron chi connectivity index (χ3n) is 3.59. The van der Waals surface area contributed by atoms with Crippen molar-refractivity contribution in [2.45, 2.75) is 19.9 Å². The second-order valence-electron chi connectivity index (χ2n) is 5.06. The van der Waals surface area contributed by atoms with Gasteiger partial charge in [-0.3, -0.25) is 4.90 Å². The lowest BCUT2D eigenvalue weighted by Crippen LogP contribution is -2.46. The van der Waals surface area contributed by atoms with Gasteiger partial charge in [-0.1, -0.05) is 12.1 Å². The molecule has 3 rings (SSSR count). The molecule has 0 radical (unpaired) electrons. The smallest absolute Gasteiger partial charge is 0.240 e. The van der Waals surface area contributed by atoms with E-state index in [1.54, 1.807) is 0 Å². The van der Waals surface area contributed by atoms with Gasteiger partial charge in [0.2, 0.25) is 5.89 Å². The van der Waals surface area contributed by atoms with Crippen molar-refractivity contribution in [3.63, 3.8) is 0 Å². The highest BCUT2D eigenvalue weighted by atomic mass is 79.9. The number of nitrogens with zero attached hydrogens (tertiary/aromatic N) is 5. The van der Waals surface area contributed by atoms with Gasteiger partial charge >= 0.3 is 0 Å². The van der Waals surface area contributed by atoms with Crippen molar-refractivity contribution in [1.82, 2.24) is 20.0 Å². The van der Waals surface area contributed by atoms with Crippen LogP contribution in [0.5, 0.6) is 0 Å². The van der Waals surface area contributed by atoms with E-state index in [2.05, 4.69) is 40.9 Å². The first-order valence-corrected chi connectivity index (χ1v) is 7.94. The molecule has 2 aromatic heterocycles. The van der Waals surface area contributed by atoms with Crippen LogP contribution in [0.4, 0.5) is 5.82 Å². The molecule has 0 unspecified atom stereocenters. The van der Waals surface area contributed by atoms with E-state index in [1.165, 1.54) is 0 Å². The number of hydrogen-bond acceptors (Lipinski definition) is 6. The summed E-state index contributed by atoms with van der Waals surface area (Å²) in [6, 6.07) is 4.07. The molecule has 2 aromatic rings. The molecule has 0 N–H and O–H groups in total. The second kappa shape index (κ2) is 6.53. The molecule has 0 atom stereocenters. The Bertz CT molecular complexity index is 577. The summed E-state index contributed by atoms with van der Waals surface area (Å²) < 4.78 is 6.26. The molecule has 1 saturated heterocycles. The van der Waals surface area contributed by atoms with Gasteiger partial charge in [0, 0.05) is 43.3 Å². The van der Waals surface area contributed by atoms with Crippen LogP contribution in [-0.4, -0.2) is 46.2 Å². The molecule has 1 aliphatic heterocycles. The van der Waals surface area contributed by atoms with E-state index >= 15 is 0 Å². The van der Waals surface area contributed by atoms with Crippen LogP contribution in [-0.2, 0) is 13.0 Å². The molecular formula is C14H18BrN5O. The van der Waals surface area contributed by atoms with Crippen LogP contribution in [0.15, 0.2) is 27.3 Å². The van der Waals surface area contributed by atoms with Crippen LogP contribution in [0.25, 0.3) is 0 Å². The molecule has 0 bridgehead atoms. The van der Waals surface area contributed by atoms with Gasteiger partial charge in [-0.25, -0.2) is 4.98 Å². The lowest BCUT2D eigenvalue weighted by atomic mass is 10.3. The largest absolute Gasteiger partial charge is 0.354 e. The zero-order valence-corrected chi connectivity index (χ0v) is 13.6. The van der Waals surface area contributed by atoms with E-state index < -0.39 is 0 Å². The normalized spacial score (nSPS) is 16.4. The van der Waals surface area contributed by atoms with Crippen molar-refractivity contribution in [1.29, 1.82) is 0 Å². The van der Waals surface area contributed by atoms with Crippen LogP contribution in [0.2, 0.25) is 0 Å². The predicted octanol–water partition coefficient (Wildman–Crippen LogP) is 2.11. The van der Waals surface area contributed by atoms with E-state index in [0.29, 0.717) is 5.89 Å². The zero-order valence-electron chi connectivity index (χ0n) is 12.0. The molecule has 1 aliphatic rings. The number of aryl methyl sites for hydroxylation is 1. The Morgan fingerprint density at radius 2 is 2.05 bits per heavy atom. The summed E-state index contributed by atoms with van der Waals surface area (Å²) in [6.07, 6.45) is 2.65. The van der Waals surface area contributed by atoms with Gasteiger partial charge in [-0.15, -0.1) is 0 Å². The number of rotatable bonds is 4. The number of pyridine rings is 1. The highest BCUT2D eigenvalue weighted by Gasteiger charge is 2.19. The van der Waals surface area contributed by atoms with Gasteiger partial charge in [0.05, 0.1) is 6.54 Å². The summed E-state index contributed by atoms with van der Waals surface area (Å²) in [5.74, 6) is 2.52. The number of piperazine rings is 1. The fourth-order valence-electron chi connectivity index (χ4n) is 2.38. The Morgan fingerprint density at radius 3 is 2.67 bits per heavy atom. The Hall–Kier alpha value is -1.47. The standard InChI is InChI=1S/C14H18BrN5O/c1-2-12-17-14(21-18-12)10-19-5-7-20(8-6-19)13-4-3-11(15)9-16-13/h3-4,9H,2,5-8,10H2,1H3. The average molecular weight is 352 g/mol. The molecule has 0 aliphatic carbocycles. The Kier molecular flexibility index (Phi) is 4.50. The highest BCUT2D eigenvalue weighted by molar-refractivity contribution is 9.10. The summed E-state index contributed by atoms with van der Waals surface area (Å²) in [5, 5.41) is 3.93. The average Bonchev–Trinajstić information content (AvgIpc) is 2.97. The van der Waals surface area contributed by atoms with Crippen LogP contribution in [0.1, 0.15) is 18.6 Å². The maximum atomic E-state index is 5.25. The quantitative estimate of drug-likeness (QED) is 0.840. The number of anilines is 1. The molecular weight excluding hydrogens is 334 g/mol. The minimum atomic E-state index is 0.710. The van der Waals surface area contributed by atoms with Gasteiger partial charge in [0.15, 0.2) is 5.82 Å². The Morgan fingerprint density at radius 1 is 1.24 bits per heavy atom. The topological polar surface area (TPSA) is 58.3 Å². The number of halogens is 1. The maximum absolute atomic E-state index is 5.25. The fourth-order valence-corrected chi connectivity index (χ4v) is 2.61. The van der Waals surface area contributed by atoms with Gasteiger partial charge < -0.3 is 9.42 Å². The first kappa shape index (κ1) is 14.5. The summed E-state index contributed by atoms with van der Waals surface area (Å²) in [4.78, 5) is 13.4. The fraction of sp³-hybridized carbons (Fsp3) is 0.500. The third kappa shape index (κ3) is 3.59. The van der Waals surface area contributed by atoms with Crippen molar-refractivity contribution in [3.8, 4) is 0 Å². The Balaban J connectivity index is 1.54. The molecule has 1 fully saturated rings. The molecule has 0 amide bonds. The molecule has 3 heterocycles. The minimum Gasteiger partial charge on any atom is -0.354 e. The summed E-state index contributed by atoms with van der Waals surface area (Å²) in [7, 11) is 0. The summed E-state index contributed by atoms with van der Waals surface area (Å²) in [5.41, 5.74) is 0. The van der Waals surface area contributed by atoms with Crippen LogP contribution < -0.4 is 4.90 Å². The molecule has 0 saturated carbocycles. The van der Waals surface area contributed by atoms with Crippen molar-refractivity contribution < 1.29 is 4.52 Å². The van der Waals surface area contributed by atoms with Crippen molar-refractivity contribution in [2.24, 2.45) is 0 Å². The number of aromatic nitrogens is 3. The highest BCUT2D eigenvalue weighted by Crippen LogP contribution is 2.17. The zero-order chi connectivity index (χ0) is 14.7. The lowest BCUT2D eigenvalue weighted by Gasteiger charge is -2.34. The van der Waals surface area contributed by atoms with Crippen molar-refractivity contribution in [3.05, 3.63) is 34.5 Å². The second-order valence-corrected chi connectivity index (χ2v) is 5.97. The lowest BCUT2D eigenvalue weighted by molar-refractivity contribution is 0.215. The van der Waals surface area contributed by atoms with E-state index in [1.807, 2.05) is 25.3 Å². The van der Waals surface area contributed by atoms with Crippen molar-refractivity contribution in [2.75, 3.05) is 31.1 Å². The predicted molar refractivity (Wildman–Crippen MR) is 83.1 cm³/mol. The maximum Gasteiger partial charge on any atom is 0.240 e. The first-order valence-electron chi connectivity index (χ1n) is 7.15. The van der Waals surface area contributed by atoms with Gasteiger partial charge in [0.25, 0.3) is 0 Å². The SMILES string of the molecule is CCc1noc(CN2CCN(c3ccc(Br)cn3)CC2)n1. The van der Waals surface area contributed by atoms with E-state index in [4.69, 9.17) is 4.52 Å². The van der Waals surface area contributed by atoms with Gasteiger partial charge in [0.1, 0.15) is 5.82 Å². The van der Waals surface area contributed by atoms with Crippen LogP contribution in [0.3, 0.4) is 0 Å². The molecule has 112 valence electrons. The van der Waals surface area contributed by atoms with Crippen LogP contribution >= 0.6 is 15.9 Å². The van der Waals surface area contributed by atoms with E-state index in [-0.39, 0.29) is 0 Å². The van der Waals surface area contributed by atoms with E-state index in [9.17, 15) is 0 Å². The van der Waals surface area contributed by atoms with Gasteiger partial charge in [-0.05, 0) is 28.1 Å². The van der Waals surface area contributed by atoms with Crippen molar-refractivity contribution >= 4 is 21.7 Å². The minimum absolute atomic E-state index is 0.710. The Labute approximate surface area is 132 Å². The molecule has 0 spiro atoms. The van der Waals surface area contributed by atoms with E-state index in [0.717, 1.165) is 55.3 Å². The third-order valence-corrected chi connectivity index (χ3v) is 4.06. The first-order chi connectivity index (χ1) is 10.2. The molecule has 6 nitrogen and oxygen atoms in total. The van der Waals surface area contributed by atoms with Crippen LogP contribution in [0, 0.1) is 0 Å². The molecule has 0 aromatic carbocycles. The molecule has 7 heteroatoms. The monoisotopic (exact) mass is 351 g/mol.